The van der Waals surface area contributed by atoms with Gasteiger partial charge in [-0.3, -0.25) is 4.79 Å². The minimum absolute atomic E-state index is 0.148. The first-order chi connectivity index (χ1) is 12.7. The lowest BCUT2D eigenvalue weighted by atomic mass is 9.95. The monoisotopic (exact) mass is 357 g/mol. The zero-order valence-electron chi connectivity index (χ0n) is 15.9. The molecule has 1 N–H and O–H groups in total. The van der Waals surface area contributed by atoms with E-state index in [9.17, 15) is 4.79 Å². The third kappa shape index (κ3) is 3.94. The molecule has 0 spiro atoms. The summed E-state index contributed by atoms with van der Waals surface area (Å²) in [7, 11) is 0. The topological polar surface area (TPSA) is 61.4 Å². The van der Waals surface area contributed by atoms with Gasteiger partial charge in [-0.25, -0.2) is 4.98 Å². The van der Waals surface area contributed by atoms with Gasteiger partial charge in [-0.15, -0.1) is 0 Å². The van der Waals surface area contributed by atoms with Gasteiger partial charge in [-0.2, -0.15) is 4.98 Å². The highest BCUT2D eigenvalue weighted by Crippen LogP contribution is 2.26. The van der Waals surface area contributed by atoms with Crippen LogP contribution in [0.1, 0.15) is 57.1 Å². The van der Waals surface area contributed by atoms with E-state index < -0.39 is 0 Å². The summed E-state index contributed by atoms with van der Waals surface area (Å²) < 4.78 is 0. The lowest BCUT2D eigenvalue weighted by molar-refractivity contribution is -0.126. The molecule has 6 heteroatoms. The van der Waals surface area contributed by atoms with Crippen molar-refractivity contribution in [3.63, 3.8) is 0 Å². The van der Waals surface area contributed by atoms with Gasteiger partial charge >= 0.3 is 0 Å². The van der Waals surface area contributed by atoms with E-state index in [0.29, 0.717) is 6.04 Å². The van der Waals surface area contributed by atoms with Crippen LogP contribution in [0.25, 0.3) is 0 Å². The van der Waals surface area contributed by atoms with E-state index in [4.69, 9.17) is 4.98 Å². The SMILES string of the molecule is Cc1cc(N2CCCC2)nc(N2CCC(C(=O)NC3CCCC3)CC2)n1. The molecular weight excluding hydrogens is 326 g/mol. The van der Waals surface area contributed by atoms with Gasteiger partial charge in [0.15, 0.2) is 0 Å². The van der Waals surface area contributed by atoms with Crippen LogP contribution in [0.4, 0.5) is 11.8 Å². The first kappa shape index (κ1) is 17.6. The molecule has 6 nitrogen and oxygen atoms in total. The molecule has 0 atom stereocenters. The molecular formula is C20H31N5O. The summed E-state index contributed by atoms with van der Waals surface area (Å²) in [6, 6.07) is 2.51. The Bertz CT molecular complexity index is 629. The van der Waals surface area contributed by atoms with Gasteiger partial charge in [-0.05, 0) is 45.4 Å². The van der Waals surface area contributed by atoms with Crippen molar-refractivity contribution in [2.75, 3.05) is 36.0 Å². The number of anilines is 2. The van der Waals surface area contributed by atoms with E-state index in [2.05, 4.69) is 26.2 Å². The molecule has 1 amide bonds. The Balaban J connectivity index is 1.36. The van der Waals surface area contributed by atoms with Gasteiger partial charge in [0, 0.05) is 49.9 Å². The number of hydrogen-bond acceptors (Lipinski definition) is 5. The second-order valence-electron chi connectivity index (χ2n) is 8.11. The Morgan fingerprint density at radius 2 is 1.65 bits per heavy atom. The number of nitrogens with one attached hydrogen (secondary N) is 1. The van der Waals surface area contributed by atoms with E-state index in [1.807, 2.05) is 6.92 Å². The molecule has 1 saturated carbocycles. The average Bonchev–Trinajstić information content (AvgIpc) is 3.35. The Morgan fingerprint density at radius 3 is 2.35 bits per heavy atom. The molecule has 0 bridgehead atoms. The van der Waals surface area contributed by atoms with Crippen LogP contribution in [0, 0.1) is 12.8 Å². The number of nitrogens with zero attached hydrogens (tertiary/aromatic N) is 4. The highest BCUT2D eigenvalue weighted by Gasteiger charge is 2.28. The summed E-state index contributed by atoms with van der Waals surface area (Å²) in [5, 5.41) is 3.26. The molecule has 0 aromatic carbocycles. The number of piperidine rings is 1. The van der Waals surface area contributed by atoms with Gasteiger partial charge in [0.1, 0.15) is 5.82 Å². The molecule has 1 aromatic heterocycles. The predicted molar refractivity (Wildman–Crippen MR) is 104 cm³/mol. The predicted octanol–water partition coefficient (Wildman–Crippen LogP) is 2.66. The quantitative estimate of drug-likeness (QED) is 0.898. The van der Waals surface area contributed by atoms with Crippen molar-refractivity contribution in [1.82, 2.24) is 15.3 Å². The summed E-state index contributed by atoms with van der Waals surface area (Å²) in [4.78, 5) is 26.6. The van der Waals surface area contributed by atoms with Crippen molar-refractivity contribution in [2.24, 2.45) is 5.92 Å². The minimum atomic E-state index is 0.148. The fourth-order valence-electron chi connectivity index (χ4n) is 4.52. The third-order valence-corrected chi connectivity index (χ3v) is 6.11. The Morgan fingerprint density at radius 1 is 0.962 bits per heavy atom. The Kier molecular flexibility index (Phi) is 5.27. The largest absolute Gasteiger partial charge is 0.356 e. The highest BCUT2D eigenvalue weighted by atomic mass is 16.1. The molecule has 2 aliphatic heterocycles. The number of carbonyl (C=O) groups is 1. The lowest BCUT2D eigenvalue weighted by Gasteiger charge is -2.32. The fourth-order valence-corrected chi connectivity index (χ4v) is 4.52. The Hall–Kier alpha value is -1.85. The number of carbonyl (C=O) groups excluding carboxylic acids is 1. The van der Waals surface area contributed by atoms with Crippen LogP contribution in [-0.2, 0) is 4.79 Å². The molecule has 0 radical (unpaired) electrons. The van der Waals surface area contributed by atoms with Gasteiger partial charge in [0.2, 0.25) is 11.9 Å². The van der Waals surface area contributed by atoms with Crippen LogP contribution < -0.4 is 15.1 Å². The molecule has 26 heavy (non-hydrogen) atoms. The van der Waals surface area contributed by atoms with Crippen molar-refractivity contribution < 1.29 is 4.79 Å². The summed E-state index contributed by atoms with van der Waals surface area (Å²) in [5.74, 6) is 2.31. The minimum Gasteiger partial charge on any atom is -0.356 e. The van der Waals surface area contributed by atoms with Crippen molar-refractivity contribution in [3.8, 4) is 0 Å². The van der Waals surface area contributed by atoms with Crippen molar-refractivity contribution >= 4 is 17.7 Å². The molecule has 142 valence electrons. The average molecular weight is 358 g/mol. The van der Waals surface area contributed by atoms with Crippen LogP contribution in [0.15, 0.2) is 6.07 Å². The molecule has 4 rings (SSSR count). The van der Waals surface area contributed by atoms with Crippen LogP contribution in [-0.4, -0.2) is 48.1 Å². The zero-order chi connectivity index (χ0) is 17.9. The highest BCUT2D eigenvalue weighted by molar-refractivity contribution is 5.79. The summed E-state index contributed by atoms with van der Waals surface area (Å²) in [6.07, 6.45) is 9.12. The van der Waals surface area contributed by atoms with Crippen molar-refractivity contribution in [1.29, 1.82) is 0 Å². The zero-order valence-corrected chi connectivity index (χ0v) is 15.9. The second kappa shape index (κ2) is 7.80. The van der Waals surface area contributed by atoms with E-state index in [1.165, 1.54) is 25.7 Å². The smallest absolute Gasteiger partial charge is 0.227 e. The summed E-state index contributed by atoms with van der Waals surface area (Å²) in [5.41, 5.74) is 1.03. The van der Waals surface area contributed by atoms with Crippen molar-refractivity contribution in [2.45, 2.75) is 64.3 Å². The van der Waals surface area contributed by atoms with E-state index in [1.54, 1.807) is 0 Å². The number of aromatic nitrogens is 2. The molecule has 3 aliphatic rings. The number of hydrogen-bond donors (Lipinski definition) is 1. The maximum atomic E-state index is 12.5. The first-order valence-corrected chi connectivity index (χ1v) is 10.3. The molecule has 3 fully saturated rings. The molecule has 1 aliphatic carbocycles. The number of amides is 1. The maximum Gasteiger partial charge on any atom is 0.227 e. The lowest BCUT2D eigenvalue weighted by Crippen LogP contribution is -2.43. The van der Waals surface area contributed by atoms with Crippen LogP contribution in [0.3, 0.4) is 0 Å². The van der Waals surface area contributed by atoms with Gasteiger partial charge < -0.3 is 15.1 Å². The fraction of sp³-hybridized carbons (Fsp3) is 0.750. The molecule has 3 heterocycles. The van der Waals surface area contributed by atoms with Crippen LogP contribution in [0.2, 0.25) is 0 Å². The van der Waals surface area contributed by atoms with Crippen LogP contribution in [0.5, 0.6) is 0 Å². The number of aryl methyl sites for hydroxylation is 1. The van der Waals surface area contributed by atoms with Crippen molar-refractivity contribution in [3.05, 3.63) is 11.8 Å². The van der Waals surface area contributed by atoms with Gasteiger partial charge in [-0.1, -0.05) is 12.8 Å². The van der Waals surface area contributed by atoms with Crippen LogP contribution >= 0.6 is 0 Å². The normalized spacial score (nSPS) is 22.2. The molecule has 1 aromatic rings. The van der Waals surface area contributed by atoms with Gasteiger partial charge in [0.25, 0.3) is 0 Å². The van der Waals surface area contributed by atoms with Gasteiger partial charge in [0.05, 0.1) is 0 Å². The molecule has 0 unspecified atom stereocenters. The molecule has 2 saturated heterocycles. The van der Waals surface area contributed by atoms with E-state index >= 15 is 0 Å². The third-order valence-electron chi connectivity index (χ3n) is 6.11. The summed E-state index contributed by atoms with van der Waals surface area (Å²) >= 11 is 0. The maximum absolute atomic E-state index is 12.5. The standard InChI is InChI=1S/C20H31N5O/c1-15-14-18(24-10-4-5-11-24)23-20(21-15)25-12-8-16(9-13-25)19(26)22-17-6-2-3-7-17/h14,16-17H,2-13H2,1H3,(H,22,26). The first-order valence-electron chi connectivity index (χ1n) is 10.3. The summed E-state index contributed by atoms with van der Waals surface area (Å²) in [6.45, 7) is 5.97. The second-order valence-corrected chi connectivity index (χ2v) is 8.11. The number of rotatable bonds is 4. The van der Waals surface area contributed by atoms with E-state index in [-0.39, 0.29) is 11.8 Å². The Labute approximate surface area is 156 Å². The van der Waals surface area contributed by atoms with E-state index in [0.717, 1.165) is 69.3 Å².